The fourth-order valence-corrected chi connectivity index (χ4v) is 5.07. The molecule has 0 atom stereocenters. The van der Waals surface area contributed by atoms with E-state index in [4.69, 9.17) is 0 Å². The van der Waals surface area contributed by atoms with Gasteiger partial charge in [-0.15, -0.1) is 0 Å². The van der Waals surface area contributed by atoms with E-state index in [9.17, 15) is 158 Å². The molecule has 38 heteroatoms. The summed E-state index contributed by atoms with van der Waals surface area (Å²) >= 11 is 1.46. The molecule has 0 bridgehead atoms. The average molecular weight is 1110 g/mol. The van der Waals surface area contributed by atoms with Gasteiger partial charge in [-0.2, -0.15) is 149 Å². The number of rotatable bonds is 14. The van der Waals surface area contributed by atoms with Gasteiger partial charge in [-0.05, 0) is 31.9 Å². The summed E-state index contributed by atoms with van der Waals surface area (Å²) in [6.45, 7) is 0. The van der Waals surface area contributed by atoms with E-state index in [0.717, 1.165) is 31.9 Å². The molecule has 1 aromatic carbocycles. The minimum atomic E-state index is -9.49. The topological polar surface area (TPSA) is 0 Å². The molecule has 354 valence electrons. The lowest BCUT2D eigenvalue weighted by molar-refractivity contribution is -0.463. The van der Waals surface area contributed by atoms with Crippen molar-refractivity contribution in [3.05, 3.63) is 31.7 Å². The number of alkyl halides is 34. The fraction of sp³-hybridized carbons (Fsp3) is 0.727. The van der Waals surface area contributed by atoms with Crippen molar-refractivity contribution < 1.29 is 158 Å². The molecule has 0 amide bonds. The minimum absolute atomic E-state index is 0.731. The molecule has 0 saturated carbocycles. The van der Waals surface area contributed by atoms with Gasteiger partial charge in [0, 0.05) is 0 Å². The maximum Gasteiger partial charge on any atom is 0.460 e. The van der Waals surface area contributed by atoms with Gasteiger partial charge < -0.3 is 0 Å². The lowest BCUT2D eigenvalue weighted by Crippen LogP contribution is -2.74. The van der Waals surface area contributed by atoms with Crippen LogP contribution < -0.4 is 0 Å². The van der Waals surface area contributed by atoms with Gasteiger partial charge in [0.25, 0.3) is 0 Å². The van der Waals surface area contributed by atoms with E-state index in [0.29, 0.717) is 0 Å². The van der Waals surface area contributed by atoms with E-state index in [1.54, 1.807) is 0 Å². The molecule has 0 aliphatic rings. The fourth-order valence-electron chi connectivity index (χ4n) is 3.82. The van der Waals surface area contributed by atoms with Crippen molar-refractivity contribution in [1.29, 1.82) is 0 Å². The van der Waals surface area contributed by atoms with Gasteiger partial charge in [-0.3, -0.25) is 0 Å². The molecule has 0 nitrogen and oxygen atoms in total. The predicted molar refractivity (Wildman–Crippen MR) is 121 cm³/mol. The molecule has 0 fully saturated rings. The van der Waals surface area contributed by atoms with E-state index in [1.165, 1.54) is 0 Å². The first-order valence-corrected chi connectivity index (χ1v) is 14.3. The van der Waals surface area contributed by atoms with Crippen LogP contribution in [0.3, 0.4) is 0 Å². The third-order valence-electron chi connectivity index (χ3n) is 7.34. The summed E-state index contributed by atoms with van der Waals surface area (Å²) in [4.78, 5) is 0. The standard InChI is InChI=1S/C22Br2F36/c23-3-1(7(27,28)9(31,32)11(35,36)13(39,40)15(43,44)17(47,48)19(51,52)21(55,56)57)5(25)4(24)2(6(3)26)8(29,30)10(33,34)12(37,38)14(41,42)16(45,46)18(49,50)20(53,54)22(58,59)60. The van der Waals surface area contributed by atoms with Crippen LogP contribution in [0.2, 0.25) is 0 Å². The van der Waals surface area contributed by atoms with Gasteiger partial charge in [0.1, 0.15) is 11.6 Å². The SMILES string of the molecule is Fc1c(Br)c(C(F)(F)C(F)(F)C(F)(F)C(F)(F)C(F)(F)C(F)(F)C(F)(F)C(F)(F)F)c(F)c(Br)c1C(F)(F)C(F)(F)C(F)(F)C(F)(F)C(F)(F)C(F)(F)C(F)(F)C(F)(F)F. The summed E-state index contributed by atoms with van der Waals surface area (Å²) in [7, 11) is 0. The summed E-state index contributed by atoms with van der Waals surface area (Å²) < 4.78 is 484. The summed E-state index contributed by atoms with van der Waals surface area (Å²) in [6.07, 6.45) is -16.5. The first-order valence-electron chi connectivity index (χ1n) is 12.7. The van der Waals surface area contributed by atoms with Crippen molar-refractivity contribution in [3.63, 3.8) is 0 Å². The highest BCUT2D eigenvalue weighted by molar-refractivity contribution is 9.11. The zero-order valence-electron chi connectivity index (χ0n) is 25.4. The van der Waals surface area contributed by atoms with Crippen molar-refractivity contribution in [2.24, 2.45) is 0 Å². The smallest absolute Gasteiger partial charge is 0.205 e. The van der Waals surface area contributed by atoms with Gasteiger partial charge in [0.2, 0.25) is 0 Å². The largest absolute Gasteiger partial charge is 0.460 e. The van der Waals surface area contributed by atoms with Crippen LogP contribution in [0.15, 0.2) is 8.95 Å². The van der Waals surface area contributed by atoms with E-state index < -0.39 is 127 Å². The van der Waals surface area contributed by atoms with Gasteiger partial charge in [0.15, 0.2) is 0 Å². The van der Waals surface area contributed by atoms with Crippen LogP contribution in [0, 0.1) is 11.6 Å². The maximum atomic E-state index is 14.9. The Morgan fingerprint density at radius 1 is 0.217 bits per heavy atom. The second-order valence-corrected chi connectivity index (χ2v) is 12.6. The van der Waals surface area contributed by atoms with Crippen LogP contribution >= 0.6 is 31.9 Å². The van der Waals surface area contributed by atoms with Crippen LogP contribution in [-0.2, 0) is 11.8 Å². The van der Waals surface area contributed by atoms with Crippen molar-refractivity contribution >= 4 is 31.9 Å². The third kappa shape index (κ3) is 6.52. The Labute approximate surface area is 317 Å². The van der Waals surface area contributed by atoms with Crippen molar-refractivity contribution in [2.75, 3.05) is 0 Å². The van der Waals surface area contributed by atoms with Gasteiger partial charge >= 0.3 is 95.3 Å². The molecule has 0 radical (unpaired) electrons. The molecule has 0 N–H and O–H groups in total. The van der Waals surface area contributed by atoms with Crippen LogP contribution in [0.4, 0.5) is 158 Å². The van der Waals surface area contributed by atoms with E-state index in [1.807, 2.05) is 0 Å². The Kier molecular flexibility index (Phi) is 13.1. The summed E-state index contributed by atoms with van der Waals surface area (Å²) in [6, 6.07) is 0. The highest BCUT2D eigenvalue weighted by Gasteiger charge is 2.97. The molecule has 1 aromatic rings. The van der Waals surface area contributed by atoms with Crippen molar-refractivity contribution in [3.8, 4) is 0 Å². The summed E-state index contributed by atoms with van der Waals surface area (Å²) in [5, 5.41) is 0. The van der Waals surface area contributed by atoms with Crippen molar-refractivity contribution in [1.82, 2.24) is 0 Å². The number of benzene rings is 1. The lowest BCUT2D eigenvalue weighted by atomic mass is 9.85. The zero-order valence-corrected chi connectivity index (χ0v) is 28.5. The number of hydrogen-bond acceptors (Lipinski definition) is 0. The minimum Gasteiger partial charge on any atom is -0.205 e. The van der Waals surface area contributed by atoms with Crippen LogP contribution in [0.1, 0.15) is 11.1 Å². The molecule has 1 rings (SSSR count). The second-order valence-electron chi connectivity index (χ2n) is 11.0. The zero-order chi connectivity index (χ0) is 49.5. The molecule has 0 aromatic heterocycles. The summed E-state index contributed by atoms with van der Waals surface area (Å²) in [5.41, 5.74) is -9.19. The monoisotopic (exact) mass is 1110 g/mol. The van der Waals surface area contributed by atoms with Gasteiger partial charge in [-0.25, -0.2) is 8.78 Å². The molecular weight excluding hydrogens is 1110 g/mol. The Bertz CT molecular complexity index is 1630. The Hall–Kier alpha value is -2.34. The second kappa shape index (κ2) is 14.1. The van der Waals surface area contributed by atoms with Crippen LogP contribution in [-0.4, -0.2) is 83.4 Å². The molecule has 0 aliphatic heterocycles. The Balaban J connectivity index is 4.27. The maximum absolute atomic E-state index is 14.9. The third-order valence-corrected chi connectivity index (χ3v) is 8.82. The van der Waals surface area contributed by atoms with E-state index in [2.05, 4.69) is 0 Å². The molecular formula is C22Br2F36. The highest BCUT2D eigenvalue weighted by Crippen LogP contribution is 2.68. The summed E-state index contributed by atoms with van der Waals surface area (Å²) in [5.74, 6) is -137. The first-order chi connectivity index (χ1) is 25.4. The van der Waals surface area contributed by atoms with Gasteiger partial charge in [0.05, 0.1) is 20.1 Å². The Morgan fingerprint density at radius 3 is 0.500 bits per heavy atom. The Morgan fingerprint density at radius 2 is 0.350 bits per heavy atom. The molecule has 0 spiro atoms. The van der Waals surface area contributed by atoms with Crippen molar-refractivity contribution in [2.45, 2.75) is 95.3 Å². The first kappa shape index (κ1) is 55.7. The predicted octanol–water partition coefficient (Wildman–Crippen LogP) is 14.4. The normalized spacial score (nSPS) is 16.5. The van der Waals surface area contributed by atoms with E-state index >= 15 is 0 Å². The quantitative estimate of drug-likeness (QED) is 0.129. The average Bonchev–Trinajstić information content (AvgIpc) is 3.01. The van der Waals surface area contributed by atoms with E-state index in [-0.39, 0.29) is 0 Å². The number of hydrogen-bond donors (Lipinski definition) is 0. The van der Waals surface area contributed by atoms with Gasteiger partial charge in [-0.1, -0.05) is 0 Å². The molecule has 0 aliphatic carbocycles. The lowest BCUT2D eigenvalue weighted by Gasteiger charge is -2.43. The number of halogens is 38. The molecule has 60 heavy (non-hydrogen) atoms. The highest BCUT2D eigenvalue weighted by atomic mass is 79.9. The van der Waals surface area contributed by atoms with Crippen LogP contribution in [0.5, 0.6) is 0 Å². The molecule has 0 unspecified atom stereocenters. The molecule has 0 saturated heterocycles. The van der Waals surface area contributed by atoms with Crippen LogP contribution in [0.25, 0.3) is 0 Å². The molecule has 0 heterocycles.